The summed E-state index contributed by atoms with van der Waals surface area (Å²) in [7, 11) is 0. The van der Waals surface area contributed by atoms with Crippen LogP contribution in [-0.4, -0.2) is 22.8 Å². The summed E-state index contributed by atoms with van der Waals surface area (Å²) in [5.41, 5.74) is 3.91. The van der Waals surface area contributed by atoms with Gasteiger partial charge in [0.15, 0.2) is 5.78 Å². The maximum absolute atomic E-state index is 13.1. The van der Waals surface area contributed by atoms with E-state index in [0.29, 0.717) is 6.42 Å². The predicted molar refractivity (Wildman–Crippen MR) is 108 cm³/mol. The topological polar surface area (TPSA) is 42.3 Å². The monoisotopic (exact) mass is 360 g/mol. The number of hydrogen-bond donors (Lipinski definition) is 0. The van der Waals surface area contributed by atoms with Crippen molar-refractivity contribution in [3.8, 4) is 0 Å². The fourth-order valence-corrected chi connectivity index (χ4v) is 3.99. The molecule has 3 aromatic rings. The Hall–Kier alpha value is -2.88. The van der Waals surface area contributed by atoms with Gasteiger partial charge in [0.05, 0.1) is 0 Å². The zero-order valence-electron chi connectivity index (χ0n) is 15.6. The van der Waals surface area contributed by atoms with Crippen molar-refractivity contribution >= 4 is 28.3 Å². The fourth-order valence-electron chi connectivity index (χ4n) is 3.99. The van der Waals surface area contributed by atoms with Crippen molar-refractivity contribution in [2.75, 3.05) is 11.4 Å². The number of benzene rings is 2. The van der Waals surface area contributed by atoms with Crippen molar-refractivity contribution in [2.24, 2.45) is 0 Å². The van der Waals surface area contributed by atoms with E-state index in [1.165, 1.54) is 5.56 Å². The van der Waals surface area contributed by atoms with Gasteiger partial charge < -0.3 is 9.47 Å². The van der Waals surface area contributed by atoms with Crippen LogP contribution in [0.1, 0.15) is 42.1 Å². The number of Topliss-reactive ketones (excluding diaryl/α,β-unsaturated/α-hetero) is 1. The number of ketones is 1. The molecule has 27 heavy (non-hydrogen) atoms. The van der Waals surface area contributed by atoms with Crippen LogP contribution in [0.25, 0.3) is 10.9 Å². The number of amides is 1. The molecule has 138 valence electrons. The molecule has 4 rings (SSSR count). The molecule has 0 spiro atoms. The average Bonchev–Trinajstić information content (AvgIpc) is 3.06. The van der Waals surface area contributed by atoms with Crippen LogP contribution in [0.2, 0.25) is 0 Å². The second kappa shape index (κ2) is 7.39. The second-order valence-electron chi connectivity index (χ2n) is 7.14. The van der Waals surface area contributed by atoms with Gasteiger partial charge in [0, 0.05) is 41.3 Å². The quantitative estimate of drug-likeness (QED) is 0.624. The second-order valence-corrected chi connectivity index (χ2v) is 7.14. The highest BCUT2D eigenvalue weighted by atomic mass is 16.2. The van der Waals surface area contributed by atoms with Gasteiger partial charge in [-0.25, -0.2) is 0 Å². The van der Waals surface area contributed by atoms with E-state index in [1.807, 2.05) is 65.1 Å². The van der Waals surface area contributed by atoms with Crippen LogP contribution in [-0.2, 0) is 17.8 Å². The van der Waals surface area contributed by atoms with E-state index in [9.17, 15) is 9.59 Å². The van der Waals surface area contributed by atoms with Gasteiger partial charge in [-0.2, -0.15) is 0 Å². The lowest BCUT2D eigenvalue weighted by molar-refractivity contribution is -0.119. The van der Waals surface area contributed by atoms with Crippen molar-refractivity contribution < 1.29 is 9.59 Å². The molecule has 0 N–H and O–H groups in total. The molecule has 0 fully saturated rings. The van der Waals surface area contributed by atoms with Crippen LogP contribution in [0.4, 0.5) is 5.69 Å². The smallest absolute Gasteiger partial charge is 0.246 e. The van der Waals surface area contributed by atoms with Gasteiger partial charge in [0.2, 0.25) is 5.91 Å². The minimum Gasteiger partial charge on any atom is -0.337 e. The first kappa shape index (κ1) is 17.5. The van der Waals surface area contributed by atoms with Gasteiger partial charge in [0.1, 0.15) is 6.54 Å². The third-order valence-electron chi connectivity index (χ3n) is 5.28. The third kappa shape index (κ3) is 3.27. The normalized spacial score (nSPS) is 13.6. The van der Waals surface area contributed by atoms with E-state index in [1.54, 1.807) is 0 Å². The van der Waals surface area contributed by atoms with Gasteiger partial charge in [0.25, 0.3) is 0 Å². The molecule has 4 heteroatoms. The summed E-state index contributed by atoms with van der Waals surface area (Å²) in [6, 6.07) is 16.0. The standard InChI is InChI=1S/C23H24N2O2/c1-2-8-22(26)19-15-24(21-13-6-4-11-18(19)21)16-23(27)25-14-7-10-17-9-3-5-12-20(17)25/h3-6,9,11-13,15H,2,7-8,10,14,16H2,1H3. The molecular weight excluding hydrogens is 336 g/mol. The fraction of sp³-hybridized carbons (Fsp3) is 0.304. The SMILES string of the molecule is CCCC(=O)c1cn(CC(=O)N2CCCc3ccccc32)c2ccccc12. The molecule has 2 aromatic carbocycles. The highest BCUT2D eigenvalue weighted by molar-refractivity contribution is 6.08. The molecule has 1 aliphatic heterocycles. The molecule has 4 nitrogen and oxygen atoms in total. The average molecular weight is 360 g/mol. The summed E-state index contributed by atoms with van der Waals surface area (Å²) < 4.78 is 1.93. The number of fused-ring (bicyclic) bond motifs is 2. The number of aromatic nitrogens is 1. The molecule has 1 aromatic heterocycles. The van der Waals surface area contributed by atoms with E-state index >= 15 is 0 Å². The minimum atomic E-state index is 0.0670. The zero-order chi connectivity index (χ0) is 18.8. The van der Waals surface area contributed by atoms with E-state index in [4.69, 9.17) is 0 Å². The van der Waals surface area contributed by atoms with Crippen LogP contribution >= 0.6 is 0 Å². The maximum atomic E-state index is 13.1. The van der Waals surface area contributed by atoms with Crippen molar-refractivity contribution in [1.29, 1.82) is 0 Å². The van der Waals surface area contributed by atoms with Crippen molar-refractivity contribution in [3.63, 3.8) is 0 Å². The Morgan fingerprint density at radius 1 is 1.04 bits per heavy atom. The Kier molecular flexibility index (Phi) is 4.80. The Labute approximate surface area is 159 Å². The maximum Gasteiger partial charge on any atom is 0.246 e. The molecule has 1 aliphatic rings. The van der Waals surface area contributed by atoms with Crippen LogP contribution in [0.5, 0.6) is 0 Å². The number of hydrogen-bond acceptors (Lipinski definition) is 2. The first-order valence-electron chi connectivity index (χ1n) is 9.68. The molecule has 1 amide bonds. The summed E-state index contributed by atoms with van der Waals surface area (Å²) in [5.74, 6) is 0.209. The van der Waals surface area contributed by atoms with E-state index in [-0.39, 0.29) is 18.2 Å². The Morgan fingerprint density at radius 2 is 1.81 bits per heavy atom. The van der Waals surface area contributed by atoms with Crippen LogP contribution in [0, 0.1) is 0 Å². The van der Waals surface area contributed by atoms with E-state index in [2.05, 4.69) is 6.07 Å². The van der Waals surface area contributed by atoms with Gasteiger partial charge in [-0.05, 0) is 37.0 Å². The Bertz CT molecular complexity index is 1000. The number of para-hydroxylation sites is 2. The van der Waals surface area contributed by atoms with Crippen molar-refractivity contribution in [3.05, 3.63) is 65.9 Å². The van der Waals surface area contributed by atoms with E-state index < -0.39 is 0 Å². The van der Waals surface area contributed by atoms with E-state index in [0.717, 1.165) is 48.0 Å². The highest BCUT2D eigenvalue weighted by Gasteiger charge is 2.23. The number of anilines is 1. The highest BCUT2D eigenvalue weighted by Crippen LogP contribution is 2.28. The predicted octanol–water partition coefficient (Wildman–Crippen LogP) is 4.60. The molecule has 0 unspecified atom stereocenters. The van der Waals surface area contributed by atoms with Gasteiger partial charge >= 0.3 is 0 Å². The number of nitrogens with zero attached hydrogens (tertiary/aromatic N) is 2. The van der Waals surface area contributed by atoms with Gasteiger partial charge in [-0.1, -0.05) is 43.3 Å². The molecular formula is C23H24N2O2. The first-order chi connectivity index (χ1) is 13.2. The molecule has 0 aliphatic carbocycles. The molecule has 0 radical (unpaired) electrons. The lowest BCUT2D eigenvalue weighted by atomic mass is 10.0. The lowest BCUT2D eigenvalue weighted by Gasteiger charge is -2.29. The zero-order valence-corrected chi connectivity index (χ0v) is 15.6. The molecule has 0 saturated heterocycles. The lowest BCUT2D eigenvalue weighted by Crippen LogP contribution is -2.37. The largest absolute Gasteiger partial charge is 0.337 e. The Balaban J connectivity index is 1.66. The summed E-state index contributed by atoms with van der Waals surface area (Å²) >= 11 is 0. The number of carbonyl (C=O) groups excluding carboxylic acids is 2. The number of rotatable bonds is 5. The van der Waals surface area contributed by atoms with Gasteiger partial charge in [-0.15, -0.1) is 0 Å². The summed E-state index contributed by atoms with van der Waals surface area (Å²) in [5, 5.41) is 0.933. The third-order valence-corrected chi connectivity index (χ3v) is 5.28. The Morgan fingerprint density at radius 3 is 2.67 bits per heavy atom. The molecule has 0 atom stereocenters. The number of carbonyl (C=O) groups is 2. The van der Waals surface area contributed by atoms with Crippen LogP contribution in [0.15, 0.2) is 54.7 Å². The first-order valence-corrected chi connectivity index (χ1v) is 9.68. The molecule has 2 heterocycles. The molecule has 0 bridgehead atoms. The van der Waals surface area contributed by atoms with Gasteiger partial charge in [-0.3, -0.25) is 9.59 Å². The summed E-state index contributed by atoms with van der Waals surface area (Å²) in [6.45, 7) is 3.00. The molecule has 0 saturated carbocycles. The van der Waals surface area contributed by atoms with Crippen molar-refractivity contribution in [2.45, 2.75) is 39.2 Å². The van der Waals surface area contributed by atoms with Crippen molar-refractivity contribution in [1.82, 2.24) is 4.57 Å². The number of aryl methyl sites for hydroxylation is 1. The summed E-state index contributed by atoms with van der Waals surface area (Å²) in [4.78, 5) is 27.5. The summed E-state index contributed by atoms with van der Waals surface area (Å²) in [6.07, 6.45) is 5.21. The van der Waals surface area contributed by atoms with Crippen LogP contribution < -0.4 is 4.90 Å². The van der Waals surface area contributed by atoms with Crippen LogP contribution in [0.3, 0.4) is 0 Å². The minimum absolute atomic E-state index is 0.0670.